The molecule has 214 valence electrons. The molecule has 3 aromatic carbocycles. The van der Waals surface area contributed by atoms with Gasteiger partial charge in [-0.15, -0.1) is 0 Å². The van der Waals surface area contributed by atoms with Crippen molar-refractivity contribution >= 4 is 55.5 Å². The fraction of sp³-hybridized carbons (Fsp3) is 0.154. The highest BCUT2D eigenvalue weighted by Gasteiger charge is 2.24. The van der Waals surface area contributed by atoms with Crippen LogP contribution in [0.1, 0.15) is 52.3 Å². The summed E-state index contributed by atoms with van der Waals surface area (Å²) in [6.45, 7) is 8.62. The van der Waals surface area contributed by atoms with Gasteiger partial charge in [0.1, 0.15) is 5.69 Å². The maximum atomic E-state index is 13.0. The van der Waals surface area contributed by atoms with Crippen LogP contribution < -0.4 is 0 Å². The number of hydrogen-bond acceptors (Lipinski definition) is 3. The van der Waals surface area contributed by atoms with E-state index in [9.17, 15) is 4.79 Å². The molecule has 5 heteroatoms. The molecule has 2 aliphatic heterocycles. The predicted molar refractivity (Wildman–Crippen MR) is 182 cm³/mol. The van der Waals surface area contributed by atoms with Gasteiger partial charge in [0, 0.05) is 33.2 Å². The van der Waals surface area contributed by atoms with E-state index >= 15 is 0 Å². The predicted octanol–water partition coefficient (Wildman–Crippen LogP) is 9.59. The molecular formula is C39H32N4O. The molecule has 0 saturated carbocycles. The molecule has 3 aromatic heterocycles. The number of carbonyl (C=O) groups excluding carboxylic acids is 1. The van der Waals surface area contributed by atoms with Crippen LogP contribution in [0.2, 0.25) is 0 Å². The Morgan fingerprint density at radius 3 is 1.57 bits per heavy atom. The molecule has 8 rings (SSSR count). The average molecular weight is 573 g/mol. The number of fused-ring (bicyclic) bond motifs is 16. The number of aromatic nitrogens is 4. The monoisotopic (exact) mass is 572 g/mol. The fourth-order valence-electron chi connectivity index (χ4n) is 7.15. The van der Waals surface area contributed by atoms with Gasteiger partial charge < -0.3 is 9.97 Å². The highest BCUT2D eigenvalue weighted by Crippen LogP contribution is 2.47. The number of nitrogens with one attached hydrogen (secondary N) is 2. The lowest BCUT2D eigenvalue weighted by Crippen LogP contribution is -2.02. The van der Waals surface area contributed by atoms with Crippen molar-refractivity contribution in [2.75, 3.05) is 0 Å². The molecule has 0 unspecified atom stereocenters. The van der Waals surface area contributed by atoms with E-state index < -0.39 is 0 Å². The lowest BCUT2D eigenvalue weighted by atomic mass is 9.90. The van der Waals surface area contributed by atoms with Gasteiger partial charge in [-0.25, -0.2) is 9.97 Å². The summed E-state index contributed by atoms with van der Waals surface area (Å²) < 4.78 is 0. The number of benzene rings is 3. The number of aromatic amines is 2. The van der Waals surface area contributed by atoms with E-state index in [4.69, 9.17) is 9.97 Å². The molecule has 2 N–H and O–H groups in total. The largest absolute Gasteiger partial charge is 0.355 e. The second-order valence-corrected chi connectivity index (χ2v) is 11.7. The van der Waals surface area contributed by atoms with E-state index in [0.29, 0.717) is 5.69 Å². The van der Waals surface area contributed by atoms with Crippen molar-refractivity contribution in [3.63, 3.8) is 0 Å². The maximum absolute atomic E-state index is 13.0. The molecule has 6 aromatic rings. The molecule has 8 bridgehead atoms. The number of H-pyrrole nitrogens is 2. The maximum Gasteiger partial charge on any atom is 0.204 e. The second kappa shape index (κ2) is 9.88. The summed E-state index contributed by atoms with van der Waals surface area (Å²) >= 11 is 0. The summed E-state index contributed by atoms with van der Waals surface area (Å²) in [6, 6.07) is 25.7. The van der Waals surface area contributed by atoms with E-state index in [-0.39, 0.29) is 5.78 Å². The minimum atomic E-state index is -0.0981. The summed E-state index contributed by atoms with van der Waals surface area (Å²) in [4.78, 5) is 30.5. The molecule has 5 nitrogen and oxygen atoms in total. The van der Waals surface area contributed by atoms with E-state index in [1.165, 1.54) is 38.2 Å². The van der Waals surface area contributed by atoms with Crippen LogP contribution in [0.4, 0.5) is 0 Å². The van der Waals surface area contributed by atoms with Crippen molar-refractivity contribution in [1.82, 2.24) is 19.9 Å². The van der Waals surface area contributed by atoms with Crippen molar-refractivity contribution in [2.45, 2.75) is 40.5 Å². The number of rotatable bonds is 2. The van der Waals surface area contributed by atoms with Gasteiger partial charge in [-0.05, 0) is 107 Å². The normalized spacial score (nSPS) is 12.7. The molecule has 0 aliphatic carbocycles. The zero-order valence-electron chi connectivity index (χ0n) is 25.3. The number of aryl methyl sites for hydroxylation is 4. The standard InChI is InChI=1S/C39H32N4O/c1-5-24-21(3)30-17-23-15-16-37(44)34(40-23)18-31-22(4)25(6-2)33(42-31)20-36-39-29-14-10-8-12-27(29)26-11-7-9-13-28(26)38(39)35(43-36)19-32(24)41-30/h7-20,41-42H,5-6H2,1-4H3. The summed E-state index contributed by atoms with van der Waals surface area (Å²) in [5.74, 6) is -0.0981. The van der Waals surface area contributed by atoms with Crippen LogP contribution in [-0.4, -0.2) is 25.7 Å². The summed E-state index contributed by atoms with van der Waals surface area (Å²) in [5, 5.41) is 4.83. The number of hydrogen-bond donors (Lipinski definition) is 2. The summed E-state index contributed by atoms with van der Waals surface area (Å²) in [7, 11) is 0. The van der Waals surface area contributed by atoms with Gasteiger partial charge in [0.25, 0.3) is 0 Å². The van der Waals surface area contributed by atoms with Gasteiger partial charge in [0.2, 0.25) is 5.78 Å². The first kappa shape index (κ1) is 26.3. The van der Waals surface area contributed by atoms with Gasteiger partial charge in [0.15, 0.2) is 0 Å². The van der Waals surface area contributed by atoms with Crippen LogP contribution in [0.15, 0.2) is 78.9 Å². The minimum Gasteiger partial charge on any atom is -0.355 e. The minimum absolute atomic E-state index is 0.0981. The van der Waals surface area contributed by atoms with Crippen molar-refractivity contribution in [1.29, 1.82) is 0 Å². The quantitative estimate of drug-likeness (QED) is 0.203. The average Bonchev–Trinajstić information content (AvgIpc) is 3.64. The van der Waals surface area contributed by atoms with Crippen molar-refractivity contribution < 1.29 is 4.79 Å². The number of carbonyl (C=O) groups is 1. The Kier molecular flexibility index (Phi) is 5.92. The second-order valence-electron chi connectivity index (χ2n) is 11.7. The van der Waals surface area contributed by atoms with Gasteiger partial charge in [-0.1, -0.05) is 62.4 Å². The van der Waals surface area contributed by atoms with Gasteiger partial charge >= 0.3 is 0 Å². The Morgan fingerprint density at radius 1 is 0.568 bits per heavy atom. The van der Waals surface area contributed by atoms with Crippen LogP contribution in [0, 0.1) is 13.8 Å². The molecule has 44 heavy (non-hydrogen) atoms. The van der Waals surface area contributed by atoms with E-state index in [1.54, 1.807) is 12.2 Å². The Balaban J connectivity index is 1.62. The summed E-state index contributed by atoms with van der Waals surface area (Å²) in [5.41, 5.74) is 14.0. The first-order chi connectivity index (χ1) is 21.4. The topological polar surface area (TPSA) is 74.4 Å². The molecule has 0 saturated heterocycles. The first-order valence-electron chi connectivity index (χ1n) is 15.3. The zero-order valence-corrected chi connectivity index (χ0v) is 25.3. The smallest absolute Gasteiger partial charge is 0.204 e. The first-order valence-corrected chi connectivity index (χ1v) is 15.3. The van der Waals surface area contributed by atoms with Crippen molar-refractivity contribution in [3.05, 3.63) is 113 Å². The molecule has 2 aliphatic rings. The molecule has 0 radical (unpaired) electrons. The van der Waals surface area contributed by atoms with E-state index in [2.05, 4.69) is 98.3 Å². The van der Waals surface area contributed by atoms with Crippen LogP contribution >= 0.6 is 0 Å². The van der Waals surface area contributed by atoms with E-state index in [1.807, 2.05) is 12.1 Å². The Morgan fingerprint density at radius 2 is 1.05 bits per heavy atom. The lowest BCUT2D eigenvalue weighted by molar-refractivity contribution is 0.104. The number of ketones is 1. The van der Waals surface area contributed by atoms with Crippen molar-refractivity contribution in [2.24, 2.45) is 0 Å². The molecule has 0 fully saturated rings. The third-order valence-electron chi connectivity index (χ3n) is 9.34. The summed E-state index contributed by atoms with van der Waals surface area (Å²) in [6.07, 6.45) is 5.13. The lowest BCUT2D eigenvalue weighted by Gasteiger charge is -2.12. The fourth-order valence-corrected chi connectivity index (χ4v) is 7.15. The van der Waals surface area contributed by atoms with Gasteiger partial charge in [-0.3, -0.25) is 4.79 Å². The Labute approximate surface area is 255 Å². The highest BCUT2D eigenvalue weighted by atomic mass is 16.1. The van der Waals surface area contributed by atoms with Crippen molar-refractivity contribution in [3.8, 4) is 22.5 Å². The molecule has 0 amide bonds. The van der Waals surface area contributed by atoms with Crippen LogP contribution in [0.3, 0.4) is 0 Å². The third-order valence-corrected chi connectivity index (χ3v) is 9.34. The van der Waals surface area contributed by atoms with Gasteiger partial charge in [-0.2, -0.15) is 0 Å². The van der Waals surface area contributed by atoms with Crippen LogP contribution in [0.25, 0.3) is 72.2 Å². The molecule has 0 atom stereocenters. The Hall–Kier alpha value is -5.29. The third kappa shape index (κ3) is 3.89. The molecule has 0 spiro atoms. The number of nitrogens with zero attached hydrogens (tertiary/aromatic N) is 2. The zero-order chi connectivity index (χ0) is 30.1. The number of allylic oxidation sites excluding steroid dienone is 1. The SMILES string of the molecule is CCc1c(C)c2cc3nc(cc4[nH]c(cc5nc(cc1[nH]2)-c1c-5c2ccccc2c2ccccc12)c(CC)c4C)C(=O)C=C3. The Bertz CT molecular complexity index is 2400. The molecule has 5 heterocycles. The highest BCUT2D eigenvalue weighted by molar-refractivity contribution is 6.22. The van der Waals surface area contributed by atoms with Crippen LogP contribution in [0.5, 0.6) is 0 Å². The van der Waals surface area contributed by atoms with Crippen LogP contribution in [-0.2, 0) is 12.8 Å². The molecular weight excluding hydrogens is 540 g/mol. The van der Waals surface area contributed by atoms with Gasteiger partial charge in [0.05, 0.1) is 17.1 Å². The van der Waals surface area contributed by atoms with E-state index in [0.717, 1.165) is 68.7 Å².